The largest absolute Gasteiger partial charge is 0.480 e. The summed E-state index contributed by atoms with van der Waals surface area (Å²) < 4.78 is 14.5. The van der Waals surface area contributed by atoms with Gasteiger partial charge in [0.25, 0.3) is 11.6 Å². The summed E-state index contributed by atoms with van der Waals surface area (Å²) in [5.74, 6) is -2.89. The topological polar surface area (TPSA) is 101 Å². The van der Waals surface area contributed by atoms with Gasteiger partial charge in [0.1, 0.15) is 12.4 Å². The van der Waals surface area contributed by atoms with Gasteiger partial charge in [0.15, 0.2) is 0 Å². The number of nitro benzene ring substituents is 1. The molecule has 9 heteroatoms. The maximum atomic E-state index is 14.1. The van der Waals surface area contributed by atoms with E-state index in [4.69, 9.17) is 5.11 Å². The number of halogens is 2. The predicted octanol–water partition coefficient (Wildman–Crippen LogP) is 3.23. The maximum Gasteiger partial charge on any atom is 0.323 e. The van der Waals surface area contributed by atoms with Gasteiger partial charge < -0.3 is 5.11 Å². The van der Waals surface area contributed by atoms with Crippen molar-refractivity contribution in [3.05, 3.63) is 68.4 Å². The summed E-state index contributed by atoms with van der Waals surface area (Å²) in [6.45, 7) is -0.756. The second-order valence-corrected chi connectivity index (χ2v) is 5.60. The second-order valence-electron chi connectivity index (χ2n) is 4.68. The van der Waals surface area contributed by atoms with Crippen molar-refractivity contribution in [1.29, 1.82) is 0 Å². The lowest BCUT2D eigenvalue weighted by Gasteiger charge is -2.21. The molecule has 0 radical (unpaired) electrons. The van der Waals surface area contributed by atoms with Crippen molar-refractivity contribution in [1.82, 2.24) is 0 Å². The highest BCUT2D eigenvalue weighted by Gasteiger charge is 2.23. The van der Waals surface area contributed by atoms with Crippen molar-refractivity contribution in [2.24, 2.45) is 0 Å². The zero-order valence-corrected chi connectivity index (χ0v) is 13.6. The van der Waals surface area contributed by atoms with Gasteiger partial charge in [-0.1, -0.05) is 15.9 Å². The van der Waals surface area contributed by atoms with E-state index in [1.807, 2.05) is 0 Å². The molecule has 2 rings (SSSR count). The Morgan fingerprint density at radius 3 is 2.33 bits per heavy atom. The number of amides is 1. The fourth-order valence-corrected chi connectivity index (χ4v) is 2.32. The number of hydrogen-bond acceptors (Lipinski definition) is 4. The third kappa shape index (κ3) is 3.93. The van der Waals surface area contributed by atoms with Gasteiger partial charge in [-0.05, 0) is 30.3 Å². The Labute approximate surface area is 143 Å². The lowest BCUT2D eigenvalue weighted by atomic mass is 10.1. The summed E-state index contributed by atoms with van der Waals surface area (Å²) in [6, 6.07) is 8.45. The highest BCUT2D eigenvalue weighted by atomic mass is 79.9. The molecule has 0 saturated carbocycles. The number of rotatable bonds is 5. The molecule has 0 bridgehead atoms. The lowest BCUT2D eigenvalue weighted by Crippen LogP contribution is -2.36. The second kappa shape index (κ2) is 7.18. The monoisotopic (exact) mass is 396 g/mol. The summed E-state index contributed by atoms with van der Waals surface area (Å²) in [5.41, 5.74) is -0.417. The van der Waals surface area contributed by atoms with E-state index in [1.165, 1.54) is 24.3 Å². The SMILES string of the molecule is O=C(O)CN(C(=O)c1ccc([N+](=O)[O-])cc1)c1ccc(Br)cc1F. The van der Waals surface area contributed by atoms with E-state index in [0.717, 1.165) is 23.1 Å². The summed E-state index contributed by atoms with van der Waals surface area (Å²) in [7, 11) is 0. The van der Waals surface area contributed by atoms with Gasteiger partial charge in [0, 0.05) is 22.2 Å². The molecule has 0 aliphatic carbocycles. The highest BCUT2D eigenvalue weighted by Crippen LogP contribution is 2.25. The molecule has 2 aromatic carbocycles. The number of aliphatic carboxylic acids is 1. The molecule has 7 nitrogen and oxygen atoms in total. The number of carboxylic acid groups (broad SMARTS) is 1. The van der Waals surface area contributed by atoms with Gasteiger partial charge in [0.2, 0.25) is 0 Å². The van der Waals surface area contributed by atoms with E-state index in [-0.39, 0.29) is 16.9 Å². The molecule has 0 aliphatic heterocycles. The molecule has 0 saturated heterocycles. The molecular formula is C15H10BrFN2O5. The number of carbonyl (C=O) groups is 2. The number of hydrogen-bond donors (Lipinski definition) is 1. The molecule has 0 atom stereocenters. The normalized spacial score (nSPS) is 10.2. The number of nitro groups is 1. The van der Waals surface area contributed by atoms with Crippen LogP contribution in [0.25, 0.3) is 0 Å². The van der Waals surface area contributed by atoms with Crippen LogP contribution >= 0.6 is 15.9 Å². The molecule has 0 aliphatic rings. The van der Waals surface area contributed by atoms with Crippen LogP contribution in [0.2, 0.25) is 0 Å². The van der Waals surface area contributed by atoms with Gasteiger partial charge in [-0.3, -0.25) is 24.6 Å². The van der Waals surface area contributed by atoms with Gasteiger partial charge >= 0.3 is 5.97 Å². The Bertz CT molecular complexity index is 810. The number of carbonyl (C=O) groups excluding carboxylic acids is 1. The van der Waals surface area contributed by atoms with E-state index < -0.39 is 29.2 Å². The Balaban J connectivity index is 2.41. The fourth-order valence-electron chi connectivity index (χ4n) is 1.98. The number of anilines is 1. The van der Waals surface area contributed by atoms with Crippen molar-refractivity contribution in [3.8, 4) is 0 Å². The molecule has 1 N–H and O–H groups in total. The smallest absolute Gasteiger partial charge is 0.323 e. The average molecular weight is 397 g/mol. The number of nitrogens with zero attached hydrogens (tertiary/aromatic N) is 2. The van der Waals surface area contributed by atoms with E-state index in [2.05, 4.69) is 15.9 Å². The minimum absolute atomic E-state index is 0.00386. The Kier molecular flexibility index (Phi) is 5.24. The standard InChI is InChI=1S/C15H10BrFN2O5/c16-10-3-6-13(12(17)7-10)18(8-14(20)21)15(22)9-1-4-11(5-2-9)19(23)24/h1-7H,8H2,(H,20,21). The van der Waals surface area contributed by atoms with Crippen LogP contribution in [0.3, 0.4) is 0 Å². The maximum absolute atomic E-state index is 14.1. The van der Waals surface area contributed by atoms with Crippen LogP contribution in [0, 0.1) is 15.9 Å². The Hall–Kier alpha value is -2.81. The summed E-state index contributed by atoms with van der Waals surface area (Å²) in [4.78, 5) is 34.3. The fraction of sp³-hybridized carbons (Fsp3) is 0.0667. The average Bonchev–Trinajstić information content (AvgIpc) is 2.52. The lowest BCUT2D eigenvalue weighted by molar-refractivity contribution is -0.384. The van der Waals surface area contributed by atoms with Crippen LogP contribution in [-0.4, -0.2) is 28.5 Å². The molecule has 24 heavy (non-hydrogen) atoms. The van der Waals surface area contributed by atoms with Crippen molar-refractivity contribution in [2.45, 2.75) is 0 Å². The molecule has 0 unspecified atom stereocenters. The van der Waals surface area contributed by atoms with Gasteiger partial charge in [-0.15, -0.1) is 0 Å². The first-order chi connectivity index (χ1) is 11.3. The summed E-state index contributed by atoms with van der Waals surface area (Å²) in [6.07, 6.45) is 0. The van der Waals surface area contributed by atoms with E-state index >= 15 is 0 Å². The van der Waals surface area contributed by atoms with Crippen molar-refractivity contribution < 1.29 is 24.0 Å². The Morgan fingerprint density at radius 1 is 1.21 bits per heavy atom. The van der Waals surface area contributed by atoms with Crippen molar-refractivity contribution >= 4 is 39.2 Å². The third-order valence-corrected chi connectivity index (χ3v) is 3.56. The van der Waals surface area contributed by atoms with Crippen LogP contribution in [0.15, 0.2) is 46.9 Å². The van der Waals surface area contributed by atoms with Crippen LogP contribution < -0.4 is 4.90 Å². The summed E-state index contributed by atoms with van der Waals surface area (Å²) >= 11 is 3.08. The summed E-state index contributed by atoms with van der Waals surface area (Å²) in [5, 5.41) is 19.6. The van der Waals surface area contributed by atoms with E-state index in [9.17, 15) is 24.1 Å². The quantitative estimate of drug-likeness (QED) is 0.617. The van der Waals surface area contributed by atoms with Crippen LogP contribution in [0.5, 0.6) is 0 Å². The molecule has 0 aromatic heterocycles. The zero-order chi connectivity index (χ0) is 17.9. The predicted molar refractivity (Wildman–Crippen MR) is 86.5 cm³/mol. The van der Waals surface area contributed by atoms with Crippen molar-refractivity contribution in [3.63, 3.8) is 0 Å². The van der Waals surface area contributed by atoms with Crippen LogP contribution in [0.4, 0.5) is 15.8 Å². The molecular weight excluding hydrogens is 387 g/mol. The van der Waals surface area contributed by atoms with Gasteiger partial charge in [-0.25, -0.2) is 4.39 Å². The van der Waals surface area contributed by atoms with Crippen LogP contribution in [0.1, 0.15) is 10.4 Å². The van der Waals surface area contributed by atoms with E-state index in [0.29, 0.717) is 4.47 Å². The molecule has 0 spiro atoms. The number of benzene rings is 2. The van der Waals surface area contributed by atoms with Crippen molar-refractivity contribution in [2.75, 3.05) is 11.4 Å². The zero-order valence-electron chi connectivity index (χ0n) is 12.0. The molecule has 0 fully saturated rings. The van der Waals surface area contributed by atoms with E-state index in [1.54, 1.807) is 0 Å². The first-order valence-electron chi connectivity index (χ1n) is 6.52. The molecule has 0 heterocycles. The number of carboxylic acids is 1. The van der Waals surface area contributed by atoms with Gasteiger partial charge in [0.05, 0.1) is 10.6 Å². The molecule has 124 valence electrons. The first-order valence-corrected chi connectivity index (χ1v) is 7.32. The van der Waals surface area contributed by atoms with Crippen LogP contribution in [-0.2, 0) is 4.79 Å². The Morgan fingerprint density at radius 2 is 1.83 bits per heavy atom. The molecule has 2 aromatic rings. The van der Waals surface area contributed by atoms with Gasteiger partial charge in [-0.2, -0.15) is 0 Å². The third-order valence-electron chi connectivity index (χ3n) is 3.06. The highest BCUT2D eigenvalue weighted by molar-refractivity contribution is 9.10. The minimum Gasteiger partial charge on any atom is -0.480 e. The molecule has 1 amide bonds. The first kappa shape index (κ1) is 17.5. The minimum atomic E-state index is -1.33. The number of non-ortho nitro benzene ring substituents is 1.